The van der Waals surface area contributed by atoms with Crippen molar-refractivity contribution in [2.75, 3.05) is 40.2 Å². The Morgan fingerprint density at radius 1 is 1.11 bits per heavy atom. The maximum absolute atomic E-state index is 12.5. The van der Waals surface area contributed by atoms with Gasteiger partial charge in [-0.05, 0) is 5.92 Å². The Bertz CT molecular complexity index is 803. The zero-order chi connectivity index (χ0) is 20.7. The second-order valence-electron chi connectivity index (χ2n) is 6.30. The predicted molar refractivity (Wildman–Crippen MR) is 103 cm³/mol. The Hall–Kier alpha value is -2.78. The number of ether oxygens (including phenoxy) is 5. The summed E-state index contributed by atoms with van der Waals surface area (Å²) < 4.78 is 27.7. The Labute approximate surface area is 164 Å². The Balaban J connectivity index is 2.52. The number of hydrogen-bond donors (Lipinski definition) is 1. The largest absolute Gasteiger partial charge is 0.467 e. The van der Waals surface area contributed by atoms with Crippen LogP contribution >= 0.6 is 0 Å². The van der Waals surface area contributed by atoms with Crippen LogP contribution in [0.1, 0.15) is 35.8 Å². The molecule has 0 amide bonds. The number of rotatable bonds is 10. The number of carbonyl (C=O) groups is 1. The molecule has 2 rings (SSSR count). The highest BCUT2D eigenvalue weighted by atomic mass is 16.7. The van der Waals surface area contributed by atoms with Gasteiger partial charge in [0.2, 0.25) is 0 Å². The summed E-state index contributed by atoms with van der Waals surface area (Å²) in [7, 11) is 6.14. The first-order valence-electron chi connectivity index (χ1n) is 8.72. The van der Waals surface area contributed by atoms with E-state index in [0.717, 1.165) is 5.69 Å². The van der Waals surface area contributed by atoms with E-state index in [0.29, 0.717) is 17.3 Å². The van der Waals surface area contributed by atoms with Crippen molar-refractivity contribution < 1.29 is 28.5 Å². The van der Waals surface area contributed by atoms with Gasteiger partial charge >= 0.3 is 5.97 Å². The molecule has 0 atom stereocenters. The molecule has 0 aliphatic rings. The maximum Gasteiger partial charge on any atom is 0.343 e. The van der Waals surface area contributed by atoms with Gasteiger partial charge in [-0.3, -0.25) is 4.68 Å². The third-order valence-corrected chi connectivity index (χ3v) is 3.89. The normalized spacial score (nSPS) is 10.8. The standard InChI is InChI=1S/C19H27N3O6/c1-12(2)14-9-17(22(3)21-14)20-15-7-13(27-10-24-4)8-16(28-11-25-5)18(15)19(23)26-6/h7-9,12,20H,10-11H2,1-6H3. The van der Waals surface area contributed by atoms with Crippen molar-refractivity contribution in [1.29, 1.82) is 0 Å². The molecule has 28 heavy (non-hydrogen) atoms. The molecule has 0 aliphatic heterocycles. The lowest BCUT2D eigenvalue weighted by Crippen LogP contribution is -2.12. The number of hydrogen-bond acceptors (Lipinski definition) is 8. The lowest BCUT2D eigenvalue weighted by Gasteiger charge is -2.17. The number of esters is 1. The van der Waals surface area contributed by atoms with Crippen LogP contribution in [-0.2, 0) is 21.3 Å². The van der Waals surface area contributed by atoms with Crippen molar-refractivity contribution >= 4 is 17.5 Å². The number of carbonyl (C=O) groups excluding carboxylic acids is 1. The van der Waals surface area contributed by atoms with Crippen molar-refractivity contribution in [3.8, 4) is 11.5 Å². The molecule has 0 bridgehead atoms. The topological polar surface area (TPSA) is 93.1 Å². The van der Waals surface area contributed by atoms with Gasteiger partial charge in [-0.1, -0.05) is 13.8 Å². The number of nitrogens with zero attached hydrogens (tertiary/aromatic N) is 2. The van der Waals surface area contributed by atoms with E-state index in [1.54, 1.807) is 16.8 Å². The molecule has 0 fully saturated rings. The van der Waals surface area contributed by atoms with E-state index in [1.165, 1.54) is 21.3 Å². The number of benzene rings is 1. The molecule has 0 spiro atoms. The highest BCUT2D eigenvalue weighted by molar-refractivity contribution is 6.00. The van der Waals surface area contributed by atoms with E-state index >= 15 is 0 Å². The van der Waals surface area contributed by atoms with Gasteiger partial charge in [-0.15, -0.1) is 0 Å². The molecule has 0 radical (unpaired) electrons. The summed E-state index contributed by atoms with van der Waals surface area (Å²) in [6, 6.07) is 5.18. The number of nitrogens with one attached hydrogen (secondary N) is 1. The summed E-state index contributed by atoms with van der Waals surface area (Å²) in [5, 5.41) is 7.70. The molecule has 1 aromatic heterocycles. The predicted octanol–water partition coefficient (Wildman–Crippen LogP) is 3.04. The summed E-state index contributed by atoms with van der Waals surface area (Å²) in [6.45, 7) is 4.12. The Morgan fingerprint density at radius 2 is 1.79 bits per heavy atom. The first-order chi connectivity index (χ1) is 13.4. The SMILES string of the molecule is COCOc1cc(Nc2cc(C(C)C)nn2C)c(C(=O)OC)c(OCOC)c1. The van der Waals surface area contributed by atoms with Crippen LogP contribution in [0, 0.1) is 0 Å². The zero-order valence-electron chi connectivity index (χ0n) is 17.1. The van der Waals surface area contributed by atoms with Gasteiger partial charge in [-0.25, -0.2) is 4.79 Å². The van der Waals surface area contributed by atoms with E-state index in [4.69, 9.17) is 23.7 Å². The molecule has 1 heterocycles. The van der Waals surface area contributed by atoms with Crippen LogP contribution in [0.3, 0.4) is 0 Å². The monoisotopic (exact) mass is 393 g/mol. The number of aromatic nitrogens is 2. The highest BCUT2D eigenvalue weighted by Crippen LogP contribution is 2.35. The first kappa shape index (κ1) is 21.5. The minimum absolute atomic E-state index is 0.0413. The number of methoxy groups -OCH3 is 3. The van der Waals surface area contributed by atoms with Gasteiger partial charge in [0.15, 0.2) is 13.6 Å². The minimum Gasteiger partial charge on any atom is -0.467 e. The number of aryl methyl sites for hydroxylation is 1. The summed E-state index contributed by atoms with van der Waals surface area (Å²) >= 11 is 0. The van der Waals surface area contributed by atoms with E-state index in [1.807, 2.05) is 13.1 Å². The molecule has 0 unspecified atom stereocenters. The quantitative estimate of drug-likeness (QED) is 0.486. The van der Waals surface area contributed by atoms with Gasteiger partial charge in [0, 0.05) is 39.5 Å². The molecular weight excluding hydrogens is 366 g/mol. The van der Waals surface area contributed by atoms with Crippen molar-refractivity contribution in [1.82, 2.24) is 9.78 Å². The van der Waals surface area contributed by atoms with Crippen LogP contribution in [0.15, 0.2) is 18.2 Å². The van der Waals surface area contributed by atoms with Crippen molar-refractivity contribution in [2.45, 2.75) is 19.8 Å². The van der Waals surface area contributed by atoms with E-state index in [2.05, 4.69) is 24.3 Å². The first-order valence-corrected chi connectivity index (χ1v) is 8.72. The van der Waals surface area contributed by atoms with Gasteiger partial charge in [-0.2, -0.15) is 5.10 Å². The molecule has 9 nitrogen and oxygen atoms in total. The lowest BCUT2D eigenvalue weighted by molar-refractivity contribution is 0.0436. The van der Waals surface area contributed by atoms with Crippen molar-refractivity contribution in [2.24, 2.45) is 7.05 Å². The molecule has 0 aliphatic carbocycles. The van der Waals surface area contributed by atoms with Crippen LogP contribution < -0.4 is 14.8 Å². The second-order valence-corrected chi connectivity index (χ2v) is 6.30. The fraction of sp³-hybridized carbons (Fsp3) is 0.474. The minimum atomic E-state index is -0.557. The molecule has 1 N–H and O–H groups in total. The van der Waals surface area contributed by atoms with Gasteiger partial charge in [0.25, 0.3) is 0 Å². The van der Waals surface area contributed by atoms with E-state index < -0.39 is 5.97 Å². The van der Waals surface area contributed by atoms with Crippen LogP contribution in [0.5, 0.6) is 11.5 Å². The second kappa shape index (κ2) is 9.95. The Morgan fingerprint density at radius 3 is 2.36 bits per heavy atom. The molecule has 1 aromatic carbocycles. The van der Waals surface area contributed by atoms with E-state index in [-0.39, 0.29) is 30.8 Å². The molecular formula is C19H27N3O6. The third kappa shape index (κ3) is 5.14. The van der Waals surface area contributed by atoms with Crippen LogP contribution in [0.25, 0.3) is 0 Å². The van der Waals surface area contributed by atoms with Crippen LogP contribution in [0.2, 0.25) is 0 Å². The summed E-state index contributed by atoms with van der Waals surface area (Å²) in [5.74, 6) is 1.12. The molecule has 2 aromatic rings. The van der Waals surface area contributed by atoms with Crippen LogP contribution in [0.4, 0.5) is 11.5 Å². The van der Waals surface area contributed by atoms with Gasteiger partial charge in [0.1, 0.15) is 22.9 Å². The molecule has 0 saturated heterocycles. The van der Waals surface area contributed by atoms with Crippen LogP contribution in [-0.4, -0.2) is 50.7 Å². The highest BCUT2D eigenvalue weighted by Gasteiger charge is 2.22. The summed E-state index contributed by atoms with van der Waals surface area (Å²) in [6.07, 6.45) is 0. The summed E-state index contributed by atoms with van der Waals surface area (Å²) in [4.78, 5) is 12.5. The zero-order valence-corrected chi connectivity index (χ0v) is 17.1. The maximum atomic E-state index is 12.5. The molecule has 154 valence electrons. The Kier molecular flexibility index (Phi) is 7.65. The molecule has 9 heteroatoms. The smallest absolute Gasteiger partial charge is 0.343 e. The third-order valence-electron chi connectivity index (χ3n) is 3.89. The van der Waals surface area contributed by atoms with Gasteiger partial charge in [0.05, 0.1) is 18.5 Å². The van der Waals surface area contributed by atoms with Gasteiger partial charge < -0.3 is 29.0 Å². The lowest BCUT2D eigenvalue weighted by atomic mass is 10.1. The van der Waals surface area contributed by atoms with Crippen molar-refractivity contribution in [3.63, 3.8) is 0 Å². The fourth-order valence-corrected chi connectivity index (χ4v) is 2.47. The number of anilines is 2. The summed E-state index contributed by atoms with van der Waals surface area (Å²) in [5.41, 5.74) is 1.59. The average molecular weight is 393 g/mol. The fourth-order valence-electron chi connectivity index (χ4n) is 2.47. The molecule has 0 saturated carbocycles. The average Bonchev–Trinajstić information content (AvgIpc) is 3.04. The van der Waals surface area contributed by atoms with Crippen molar-refractivity contribution in [3.05, 3.63) is 29.5 Å². The van der Waals surface area contributed by atoms with E-state index in [9.17, 15) is 4.79 Å².